The van der Waals surface area contributed by atoms with Crippen LogP contribution in [0.4, 0.5) is 14.5 Å². The molecule has 0 fully saturated rings. The molecule has 27 heavy (non-hydrogen) atoms. The fourth-order valence-electron chi connectivity index (χ4n) is 3.06. The lowest BCUT2D eigenvalue weighted by atomic mass is 9.99. The number of hydrogen-bond acceptors (Lipinski definition) is 4. The summed E-state index contributed by atoms with van der Waals surface area (Å²) < 4.78 is 56.0. The third-order valence-electron chi connectivity index (χ3n) is 4.33. The van der Waals surface area contributed by atoms with Crippen molar-refractivity contribution >= 4 is 32.5 Å². The molecule has 0 saturated carbocycles. The third kappa shape index (κ3) is 2.99. The molecule has 6 nitrogen and oxygen atoms in total. The zero-order valence-electron chi connectivity index (χ0n) is 13.8. The van der Waals surface area contributed by atoms with Crippen LogP contribution >= 0.6 is 0 Å². The van der Waals surface area contributed by atoms with Crippen molar-refractivity contribution in [3.8, 4) is 0 Å². The molecule has 3 aromatic rings. The average molecular weight is 389 g/mol. The number of carbonyl (C=O) groups excluding carboxylic acids is 1. The Morgan fingerprint density at radius 2 is 1.93 bits per heavy atom. The van der Waals surface area contributed by atoms with Gasteiger partial charge in [0, 0.05) is 23.7 Å². The summed E-state index contributed by atoms with van der Waals surface area (Å²) in [5.41, 5.74) is 0.263. The van der Waals surface area contributed by atoms with E-state index in [-0.39, 0.29) is 27.0 Å². The minimum atomic E-state index is -4.25. The van der Waals surface area contributed by atoms with Crippen LogP contribution in [0.15, 0.2) is 47.5 Å². The number of aromatic nitrogens is 1. The van der Waals surface area contributed by atoms with Gasteiger partial charge in [-0.25, -0.2) is 17.2 Å². The average Bonchev–Trinajstić information content (AvgIpc) is 2.63. The molecule has 0 saturated heterocycles. The van der Waals surface area contributed by atoms with E-state index in [0.29, 0.717) is 18.5 Å². The van der Waals surface area contributed by atoms with E-state index in [9.17, 15) is 22.0 Å². The van der Waals surface area contributed by atoms with E-state index in [1.807, 2.05) is 0 Å². The quantitative estimate of drug-likeness (QED) is 0.721. The smallest absolute Gasteiger partial charge is 0.262 e. The summed E-state index contributed by atoms with van der Waals surface area (Å²) in [6.45, 7) is 0.394. The van der Waals surface area contributed by atoms with Crippen molar-refractivity contribution in [2.45, 2.75) is 11.3 Å². The summed E-state index contributed by atoms with van der Waals surface area (Å²) in [6, 6.07) is 7.28. The monoisotopic (exact) mass is 389 g/mol. The highest BCUT2D eigenvalue weighted by Gasteiger charge is 2.24. The van der Waals surface area contributed by atoms with Crippen molar-refractivity contribution < 1.29 is 22.0 Å². The number of rotatable bonds is 3. The van der Waals surface area contributed by atoms with E-state index in [1.165, 1.54) is 24.4 Å². The van der Waals surface area contributed by atoms with E-state index >= 15 is 0 Å². The Morgan fingerprint density at radius 3 is 2.74 bits per heavy atom. The fourth-order valence-corrected chi connectivity index (χ4v) is 4.32. The maximum atomic E-state index is 14.4. The second kappa shape index (κ2) is 6.27. The van der Waals surface area contributed by atoms with Crippen LogP contribution in [0.25, 0.3) is 10.9 Å². The topological polar surface area (TPSA) is 88.2 Å². The van der Waals surface area contributed by atoms with Gasteiger partial charge in [0.05, 0.1) is 10.6 Å². The Balaban J connectivity index is 1.80. The molecular formula is C18H13F2N3O3S. The van der Waals surface area contributed by atoms with Crippen LogP contribution in [-0.2, 0) is 16.4 Å². The number of halogens is 2. The molecule has 2 heterocycles. The summed E-state index contributed by atoms with van der Waals surface area (Å²) >= 11 is 0. The van der Waals surface area contributed by atoms with Crippen molar-refractivity contribution in [2.75, 3.05) is 11.3 Å². The SMILES string of the molecule is O=C1NCCc2cc(F)c(NS(=O)(=O)c3ccc(F)c4ncccc34)cc21. The lowest BCUT2D eigenvalue weighted by Gasteiger charge is -2.18. The highest BCUT2D eigenvalue weighted by atomic mass is 32.2. The molecule has 9 heteroatoms. The number of nitrogens with zero attached hydrogens (tertiary/aromatic N) is 1. The first kappa shape index (κ1) is 17.3. The second-order valence-electron chi connectivity index (χ2n) is 6.05. The second-order valence-corrected chi connectivity index (χ2v) is 7.70. The Bertz CT molecular complexity index is 1200. The highest BCUT2D eigenvalue weighted by Crippen LogP contribution is 2.28. The van der Waals surface area contributed by atoms with Gasteiger partial charge < -0.3 is 5.32 Å². The molecule has 1 aliphatic heterocycles. The van der Waals surface area contributed by atoms with Crippen molar-refractivity contribution in [3.05, 3.63) is 65.4 Å². The first-order valence-electron chi connectivity index (χ1n) is 8.03. The third-order valence-corrected chi connectivity index (χ3v) is 5.76. The van der Waals surface area contributed by atoms with Crippen LogP contribution in [-0.4, -0.2) is 25.9 Å². The molecule has 1 amide bonds. The molecule has 0 radical (unpaired) electrons. The molecule has 0 unspecified atom stereocenters. The molecule has 0 atom stereocenters. The maximum Gasteiger partial charge on any atom is 0.262 e. The molecule has 0 bridgehead atoms. The summed E-state index contributed by atoms with van der Waals surface area (Å²) in [4.78, 5) is 15.5. The molecule has 0 aliphatic carbocycles. The predicted molar refractivity (Wildman–Crippen MR) is 94.9 cm³/mol. The summed E-state index contributed by atoms with van der Waals surface area (Å²) in [5.74, 6) is -1.86. The molecule has 138 valence electrons. The van der Waals surface area contributed by atoms with Crippen LogP contribution in [0.1, 0.15) is 15.9 Å². The zero-order chi connectivity index (χ0) is 19.2. The van der Waals surface area contributed by atoms with Crippen LogP contribution in [0.5, 0.6) is 0 Å². The Hall–Kier alpha value is -3.07. The molecule has 1 aromatic heterocycles. The number of benzene rings is 2. The zero-order valence-corrected chi connectivity index (χ0v) is 14.6. The van der Waals surface area contributed by atoms with Crippen molar-refractivity contribution in [3.63, 3.8) is 0 Å². The van der Waals surface area contributed by atoms with E-state index in [4.69, 9.17) is 0 Å². The fraction of sp³-hybridized carbons (Fsp3) is 0.111. The minimum absolute atomic E-state index is 0.0705. The van der Waals surface area contributed by atoms with Crippen molar-refractivity contribution in [2.24, 2.45) is 0 Å². The number of hydrogen-bond donors (Lipinski definition) is 2. The largest absolute Gasteiger partial charge is 0.352 e. The maximum absolute atomic E-state index is 14.4. The summed E-state index contributed by atoms with van der Waals surface area (Å²) in [6.07, 6.45) is 1.80. The summed E-state index contributed by atoms with van der Waals surface area (Å²) in [5, 5.41) is 2.69. The number of carbonyl (C=O) groups is 1. The van der Waals surface area contributed by atoms with Gasteiger partial charge in [-0.15, -0.1) is 0 Å². The van der Waals surface area contributed by atoms with Gasteiger partial charge in [0.1, 0.15) is 17.2 Å². The number of fused-ring (bicyclic) bond motifs is 2. The Morgan fingerprint density at radius 1 is 1.11 bits per heavy atom. The van der Waals surface area contributed by atoms with Crippen molar-refractivity contribution in [1.29, 1.82) is 0 Å². The standard InChI is InChI=1S/C18H13F2N3O3S/c19-13-3-4-16(11-2-1-6-21-17(11)13)27(25,26)23-15-9-12-10(8-14(15)20)5-7-22-18(12)24/h1-4,6,8-9,23H,5,7H2,(H,22,24). The number of sulfonamides is 1. The van der Waals surface area contributed by atoms with E-state index < -0.39 is 27.6 Å². The van der Waals surface area contributed by atoms with E-state index in [0.717, 1.165) is 18.2 Å². The first-order chi connectivity index (χ1) is 12.9. The van der Waals surface area contributed by atoms with Crippen LogP contribution in [0.3, 0.4) is 0 Å². The normalized spacial score (nSPS) is 13.9. The Kier molecular flexibility index (Phi) is 4.03. The van der Waals surface area contributed by atoms with Gasteiger partial charge in [-0.05, 0) is 48.4 Å². The predicted octanol–water partition coefficient (Wildman–Crippen LogP) is 2.60. The molecule has 4 rings (SSSR count). The van der Waals surface area contributed by atoms with Crippen molar-refractivity contribution in [1.82, 2.24) is 10.3 Å². The molecule has 1 aliphatic rings. The van der Waals surface area contributed by atoms with Gasteiger partial charge >= 0.3 is 0 Å². The van der Waals surface area contributed by atoms with E-state index in [2.05, 4.69) is 15.0 Å². The van der Waals surface area contributed by atoms with Crippen LogP contribution in [0.2, 0.25) is 0 Å². The van der Waals surface area contributed by atoms with E-state index in [1.54, 1.807) is 0 Å². The first-order valence-corrected chi connectivity index (χ1v) is 9.52. The molecule has 2 aromatic carbocycles. The number of amides is 1. The van der Waals surface area contributed by atoms with Crippen LogP contribution < -0.4 is 10.0 Å². The number of nitrogens with one attached hydrogen (secondary N) is 2. The molecular weight excluding hydrogens is 376 g/mol. The lowest BCUT2D eigenvalue weighted by Crippen LogP contribution is -2.32. The van der Waals surface area contributed by atoms with Gasteiger partial charge in [-0.2, -0.15) is 0 Å². The molecule has 2 N–H and O–H groups in total. The summed E-state index contributed by atoms with van der Waals surface area (Å²) in [7, 11) is -4.25. The number of pyridine rings is 1. The van der Waals surface area contributed by atoms with Gasteiger partial charge in [0.15, 0.2) is 0 Å². The van der Waals surface area contributed by atoms with Gasteiger partial charge in [0.2, 0.25) is 0 Å². The van der Waals surface area contributed by atoms with Crippen LogP contribution in [0, 0.1) is 11.6 Å². The lowest BCUT2D eigenvalue weighted by molar-refractivity contribution is 0.0946. The molecule has 0 spiro atoms. The van der Waals surface area contributed by atoms with Gasteiger partial charge in [-0.1, -0.05) is 0 Å². The minimum Gasteiger partial charge on any atom is -0.352 e. The number of anilines is 1. The van der Waals surface area contributed by atoms with Gasteiger partial charge in [0.25, 0.3) is 15.9 Å². The van der Waals surface area contributed by atoms with Gasteiger partial charge in [-0.3, -0.25) is 14.5 Å². The highest BCUT2D eigenvalue weighted by molar-refractivity contribution is 7.93. The Labute approximate surface area is 153 Å².